The first-order valence-corrected chi connectivity index (χ1v) is 5.40. The fourth-order valence-corrected chi connectivity index (χ4v) is 1.57. The van der Waals surface area contributed by atoms with Gasteiger partial charge in [-0.05, 0) is 32.4 Å². The maximum Gasteiger partial charge on any atom is 0.254 e. The zero-order chi connectivity index (χ0) is 12.1. The lowest BCUT2D eigenvalue weighted by Gasteiger charge is -2.19. The van der Waals surface area contributed by atoms with Crippen molar-refractivity contribution in [3.63, 3.8) is 0 Å². The van der Waals surface area contributed by atoms with Gasteiger partial charge < -0.3 is 4.90 Å². The van der Waals surface area contributed by atoms with E-state index < -0.39 is 0 Å². The Hall–Kier alpha value is -1.75. The molecule has 0 heterocycles. The highest BCUT2D eigenvalue weighted by Gasteiger charge is 2.15. The molecule has 0 saturated carbocycles. The maximum absolute atomic E-state index is 12.2. The predicted molar refractivity (Wildman–Crippen MR) is 66.3 cm³/mol. The minimum Gasteiger partial charge on any atom is -0.328 e. The van der Waals surface area contributed by atoms with E-state index in [4.69, 9.17) is 6.42 Å². The molecule has 2 nitrogen and oxygen atoms in total. The van der Waals surface area contributed by atoms with Crippen molar-refractivity contribution in [2.75, 3.05) is 13.1 Å². The van der Waals surface area contributed by atoms with Crippen molar-refractivity contribution in [1.29, 1.82) is 0 Å². The largest absolute Gasteiger partial charge is 0.328 e. The molecule has 16 heavy (non-hydrogen) atoms. The average Bonchev–Trinajstić information content (AvgIpc) is 2.28. The molecule has 1 rings (SSSR count). The van der Waals surface area contributed by atoms with Crippen molar-refractivity contribution >= 4 is 5.91 Å². The standard InChI is InChI=1S/C14H17NO/c1-5-9-15(6-2)14(16)13-10-11(3)7-8-12(13)4/h1,7-8,10H,6,9H2,2-4H3. The van der Waals surface area contributed by atoms with Gasteiger partial charge in [0.05, 0.1) is 6.54 Å². The highest BCUT2D eigenvalue weighted by molar-refractivity contribution is 5.96. The molecular formula is C14H17NO. The monoisotopic (exact) mass is 215 g/mol. The van der Waals surface area contributed by atoms with Gasteiger partial charge in [-0.1, -0.05) is 23.6 Å². The van der Waals surface area contributed by atoms with Gasteiger partial charge in [-0.3, -0.25) is 4.79 Å². The Morgan fingerprint density at radius 1 is 1.44 bits per heavy atom. The third-order valence-corrected chi connectivity index (χ3v) is 2.57. The molecule has 1 amide bonds. The van der Waals surface area contributed by atoms with Crippen LogP contribution in [0.4, 0.5) is 0 Å². The minimum atomic E-state index is 0.0154. The lowest BCUT2D eigenvalue weighted by Crippen LogP contribution is -2.31. The zero-order valence-corrected chi connectivity index (χ0v) is 10.1. The maximum atomic E-state index is 12.2. The number of amides is 1. The van der Waals surface area contributed by atoms with Gasteiger partial charge in [0.2, 0.25) is 0 Å². The molecule has 0 aromatic heterocycles. The molecule has 0 atom stereocenters. The number of rotatable bonds is 3. The topological polar surface area (TPSA) is 20.3 Å². The molecule has 0 unspecified atom stereocenters. The predicted octanol–water partition coefficient (Wildman–Crippen LogP) is 2.40. The number of nitrogens with zero attached hydrogens (tertiary/aromatic N) is 1. The van der Waals surface area contributed by atoms with Crippen molar-refractivity contribution in [1.82, 2.24) is 4.90 Å². The average molecular weight is 215 g/mol. The number of terminal acetylenes is 1. The molecule has 0 radical (unpaired) electrons. The van der Waals surface area contributed by atoms with Gasteiger partial charge in [0.1, 0.15) is 0 Å². The Kier molecular flexibility index (Phi) is 4.13. The molecule has 0 bridgehead atoms. The summed E-state index contributed by atoms with van der Waals surface area (Å²) >= 11 is 0. The second-order valence-electron chi connectivity index (χ2n) is 3.84. The van der Waals surface area contributed by atoms with Crippen molar-refractivity contribution < 1.29 is 4.79 Å². The number of hydrogen-bond acceptors (Lipinski definition) is 1. The van der Waals surface area contributed by atoms with Gasteiger partial charge in [0.15, 0.2) is 0 Å². The van der Waals surface area contributed by atoms with Gasteiger partial charge in [-0.2, -0.15) is 0 Å². The fraction of sp³-hybridized carbons (Fsp3) is 0.357. The number of benzene rings is 1. The lowest BCUT2D eigenvalue weighted by atomic mass is 10.0. The zero-order valence-electron chi connectivity index (χ0n) is 10.1. The molecular weight excluding hydrogens is 198 g/mol. The van der Waals surface area contributed by atoms with Gasteiger partial charge in [-0.15, -0.1) is 6.42 Å². The van der Waals surface area contributed by atoms with Crippen LogP contribution in [0.2, 0.25) is 0 Å². The molecule has 0 aliphatic carbocycles. The summed E-state index contributed by atoms with van der Waals surface area (Å²) < 4.78 is 0. The highest BCUT2D eigenvalue weighted by atomic mass is 16.2. The normalized spacial score (nSPS) is 9.62. The van der Waals surface area contributed by atoms with E-state index in [2.05, 4.69) is 5.92 Å². The Labute approximate surface area is 97.3 Å². The number of carbonyl (C=O) groups excluding carboxylic acids is 1. The first-order valence-electron chi connectivity index (χ1n) is 5.40. The molecule has 2 heteroatoms. The number of carbonyl (C=O) groups is 1. The molecule has 0 aliphatic heterocycles. The number of hydrogen-bond donors (Lipinski definition) is 0. The van der Waals surface area contributed by atoms with Crippen LogP contribution in [0.25, 0.3) is 0 Å². The van der Waals surface area contributed by atoms with Crippen LogP contribution in [0.5, 0.6) is 0 Å². The molecule has 0 saturated heterocycles. The van der Waals surface area contributed by atoms with Crippen molar-refractivity contribution in [2.45, 2.75) is 20.8 Å². The van der Waals surface area contributed by atoms with Gasteiger partial charge in [-0.25, -0.2) is 0 Å². The summed E-state index contributed by atoms with van der Waals surface area (Å²) in [4.78, 5) is 13.8. The number of aryl methyl sites for hydroxylation is 2. The summed E-state index contributed by atoms with van der Waals surface area (Å²) in [6, 6.07) is 5.88. The van der Waals surface area contributed by atoms with E-state index in [1.54, 1.807) is 4.90 Å². The van der Waals surface area contributed by atoms with Crippen LogP contribution >= 0.6 is 0 Å². The second kappa shape index (κ2) is 5.37. The molecule has 0 aliphatic rings. The first-order chi connectivity index (χ1) is 7.60. The van der Waals surface area contributed by atoms with Crippen LogP contribution in [0.15, 0.2) is 18.2 Å². The van der Waals surface area contributed by atoms with Crippen LogP contribution in [-0.2, 0) is 0 Å². The quantitative estimate of drug-likeness (QED) is 0.709. The molecule has 0 fully saturated rings. The minimum absolute atomic E-state index is 0.0154. The summed E-state index contributed by atoms with van der Waals surface area (Å²) in [5.74, 6) is 2.52. The summed E-state index contributed by atoms with van der Waals surface area (Å²) in [5.41, 5.74) is 2.83. The van der Waals surface area contributed by atoms with Crippen LogP contribution in [0.1, 0.15) is 28.4 Å². The van der Waals surface area contributed by atoms with Crippen molar-refractivity contribution in [3.8, 4) is 12.3 Å². The summed E-state index contributed by atoms with van der Waals surface area (Å²) in [5, 5.41) is 0. The summed E-state index contributed by atoms with van der Waals surface area (Å²) in [7, 11) is 0. The molecule has 1 aromatic rings. The fourth-order valence-electron chi connectivity index (χ4n) is 1.57. The third kappa shape index (κ3) is 2.64. The lowest BCUT2D eigenvalue weighted by molar-refractivity contribution is 0.0784. The van der Waals surface area contributed by atoms with E-state index in [-0.39, 0.29) is 5.91 Å². The Bertz CT molecular complexity index is 429. The van der Waals surface area contributed by atoms with Crippen LogP contribution in [0.3, 0.4) is 0 Å². The summed E-state index contributed by atoms with van der Waals surface area (Å²) in [6.07, 6.45) is 5.24. The van der Waals surface area contributed by atoms with Gasteiger partial charge in [0.25, 0.3) is 5.91 Å². The second-order valence-corrected chi connectivity index (χ2v) is 3.84. The van der Waals surface area contributed by atoms with E-state index >= 15 is 0 Å². The van der Waals surface area contributed by atoms with Crippen LogP contribution < -0.4 is 0 Å². The van der Waals surface area contributed by atoms with Crippen LogP contribution in [0, 0.1) is 26.2 Å². The smallest absolute Gasteiger partial charge is 0.254 e. The molecule has 0 spiro atoms. The Balaban J connectivity index is 3.03. The van der Waals surface area contributed by atoms with E-state index in [9.17, 15) is 4.79 Å². The third-order valence-electron chi connectivity index (χ3n) is 2.57. The van der Waals surface area contributed by atoms with Gasteiger partial charge >= 0.3 is 0 Å². The Morgan fingerprint density at radius 2 is 2.12 bits per heavy atom. The molecule has 1 aromatic carbocycles. The van der Waals surface area contributed by atoms with Crippen molar-refractivity contribution in [3.05, 3.63) is 34.9 Å². The first kappa shape index (κ1) is 12.3. The van der Waals surface area contributed by atoms with Gasteiger partial charge in [0, 0.05) is 12.1 Å². The highest BCUT2D eigenvalue weighted by Crippen LogP contribution is 2.13. The molecule has 84 valence electrons. The van der Waals surface area contributed by atoms with E-state index in [0.717, 1.165) is 16.7 Å². The van der Waals surface area contributed by atoms with Crippen LogP contribution in [-0.4, -0.2) is 23.9 Å². The summed E-state index contributed by atoms with van der Waals surface area (Å²) in [6.45, 7) is 6.85. The van der Waals surface area contributed by atoms with E-state index in [1.807, 2.05) is 39.0 Å². The molecule has 0 N–H and O–H groups in total. The van der Waals surface area contributed by atoms with E-state index in [0.29, 0.717) is 13.1 Å². The van der Waals surface area contributed by atoms with E-state index in [1.165, 1.54) is 0 Å². The van der Waals surface area contributed by atoms with Crippen molar-refractivity contribution in [2.24, 2.45) is 0 Å². The Morgan fingerprint density at radius 3 is 2.69 bits per heavy atom. The SMILES string of the molecule is C#CCN(CC)C(=O)c1cc(C)ccc1C.